The molecule has 3 heterocycles. The second kappa shape index (κ2) is 8.02. The Morgan fingerprint density at radius 1 is 1.24 bits per heavy atom. The van der Waals surface area contributed by atoms with Gasteiger partial charge in [0.15, 0.2) is 0 Å². The summed E-state index contributed by atoms with van der Waals surface area (Å²) in [4.78, 5) is 27.1. The van der Waals surface area contributed by atoms with Crippen LogP contribution in [0.5, 0.6) is 0 Å². The molecule has 1 amide bonds. The van der Waals surface area contributed by atoms with Gasteiger partial charge in [-0.15, -0.1) is 0 Å². The summed E-state index contributed by atoms with van der Waals surface area (Å²) in [5.74, 6) is 0.975. The fraction of sp³-hybridized carbons (Fsp3) is 0.524. The highest BCUT2D eigenvalue weighted by Crippen LogP contribution is 2.41. The van der Waals surface area contributed by atoms with Crippen molar-refractivity contribution in [1.82, 2.24) is 25.6 Å². The van der Waals surface area contributed by atoms with Gasteiger partial charge in [-0.05, 0) is 50.7 Å². The molecule has 2 aromatic heterocycles. The summed E-state index contributed by atoms with van der Waals surface area (Å²) in [5.41, 5.74) is 2.72. The third kappa shape index (κ3) is 4.22. The average molecular weight is 398 g/mol. The van der Waals surface area contributed by atoms with Gasteiger partial charge in [-0.3, -0.25) is 9.78 Å². The zero-order valence-corrected chi connectivity index (χ0v) is 17.1. The lowest BCUT2D eigenvalue weighted by molar-refractivity contribution is 0.0952. The summed E-state index contributed by atoms with van der Waals surface area (Å²) in [6.45, 7) is 5.53. The molecule has 1 saturated carbocycles. The first-order valence-corrected chi connectivity index (χ1v) is 10.1. The molecule has 4 rings (SSSR count). The molecule has 0 bridgehead atoms. The minimum absolute atomic E-state index is 0.123. The van der Waals surface area contributed by atoms with E-state index in [0.29, 0.717) is 5.92 Å². The Morgan fingerprint density at radius 2 is 2.03 bits per heavy atom. The monoisotopic (exact) mass is 398 g/mol. The first kappa shape index (κ1) is 19.7. The largest absolute Gasteiger partial charge is 0.355 e. The molecule has 0 radical (unpaired) electrons. The Hall–Kier alpha value is -2.61. The highest BCUT2D eigenvalue weighted by Gasteiger charge is 2.36. The number of carbonyl (C=O) groups is 1. The molecule has 1 aliphatic heterocycles. The zero-order chi connectivity index (χ0) is 20.5. The third-order valence-corrected chi connectivity index (χ3v) is 5.88. The first-order chi connectivity index (χ1) is 14.0. The quantitative estimate of drug-likeness (QED) is 0.777. The highest BCUT2D eigenvalue weighted by atomic mass is 19.1. The van der Waals surface area contributed by atoms with Crippen LogP contribution in [0.4, 0.5) is 10.2 Å². The van der Waals surface area contributed by atoms with E-state index in [0.717, 1.165) is 55.0 Å². The molecule has 0 aromatic carbocycles. The number of pyridine rings is 1. The maximum atomic E-state index is 13.7. The fourth-order valence-corrected chi connectivity index (χ4v) is 4.01. The number of anilines is 1. The molecule has 2 atom stereocenters. The summed E-state index contributed by atoms with van der Waals surface area (Å²) in [5, 5.41) is 6.32. The predicted octanol–water partition coefficient (Wildman–Crippen LogP) is 2.31. The average Bonchev–Trinajstić information content (AvgIpc) is 3.45. The number of aromatic nitrogens is 3. The van der Waals surface area contributed by atoms with Gasteiger partial charge in [0.05, 0.1) is 6.20 Å². The van der Waals surface area contributed by atoms with Gasteiger partial charge in [-0.25, -0.2) is 14.4 Å². The van der Waals surface area contributed by atoms with Crippen LogP contribution in [-0.4, -0.2) is 47.0 Å². The van der Waals surface area contributed by atoms with Crippen LogP contribution < -0.4 is 15.5 Å². The Bertz CT molecular complexity index is 916. The van der Waals surface area contributed by atoms with Crippen molar-refractivity contribution in [2.45, 2.75) is 45.2 Å². The minimum Gasteiger partial charge on any atom is -0.355 e. The molecule has 2 aliphatic rings. The number of hydrogen-bond donors (Lipinski definition) is 2. The highest BCUT2D eigenvalue weighted by molar-refractivity contribution is 5.90. The smallest absolute Gasteiger partial charge is 0.288 e. The molecular weight excluding hydrogens is 371 g/mol. The van der Waals surface area contributed by atoms with E-state index in [1.54, 1.807) is 19.3 Å². The van der Waals surface area contributed by atoms with E-state index in [1.165, 1.54) is 6.20 Å². The lowest BCUT2D eigenvalue weighted by Crippen LogP contribution is -2.37. The van der Waals surface area contributed by atoms with Crippen LogP contribution in [0.15, 0.2) is 18.5 Å². The number of amides is 1. The van der Waals surface area contributed by atoms with Crippen LogP contribution in [0.2, 0.25) is 0 Å². The SMILES string of the molecule is CNC(=O)c1nc(C)c(C)c(N2CC[C@@H](NC(c3cncc(F)c3)C3CC3)C2)n1. The van der Waals surface area contributed by atoms with E-state index < -0.39 is 0 Å². The number of nitrogens with one attached hydrogen (secondary N) is 2. The summed E-state index contributed by atoms with van der Waals surface area (Å²) in [6.07, 6.45) is 6.28. The standard InChI is InChI=1S/C21H27FN6O/c1-12-13(2)25-19(21(29)23-3)27-20(12)28-7-6-17(11-28)26-18(14-4-5-14)15-8-16(22)10-24-9-15/h8-10,14,17-18,26H,4-7,11H2,1-3H3,(H,23,29)/t17-,18?/m1/s1. The van der Waals surface area contributed by atoms with Gasteiger partial charge >= 0.3 is 0 Å². The molecule has 1 unspecified atom stereocenters. The molecule has 2 N–H and O–H groups in total. The van der Waals surface area contributed by atoms with E-state index in [9.17, 15) is 9.18 Å². The van der Waals surface area contributed by atoms with Crippen LogP contribution in [0.25, 0.3) is 0 Å². The van der Waals surface area contributed by atoms with Crippen molar-refractivity contribution < 1.29 is 9.18 Å². The Kier molecular flexibility index (Phi) is 5.45. The summed E-state index contributed by atoms with van der Waals surface area (Å²) in [6, 6.07) is 1.98. The van der Waals surface area contributed by atoms with Crippen LogP contribution in [-0.2, 0) is 0 Å². The van der Waals surface area contributed by atoms with E-state index >= 15 is 0 Å². The number of aryl methyl sites for hydroxylation is 1. The number of hydrogen-bond acceptors (Lipinski definition) is 6. The normalized spacial score (nSPS) is 20.0. The lowest BCUT2D eigenvalue weighted by Gasteiger charge is -2.25. The van der Waals surface area contributed by atoms with E-state index in [4.69, 9.17) is 0 Å². The molecule has 1 aliphatic carbocycles. The van der Waals surface area contributed by atoms with Crippen molar-refractivity contribution in [2.24, 2.45) is 5.92 Å². The van der Waals surface area contributed by atoms with Crippen LogP contribution in [0, 0.1) is 25.6 Å². The van der Waals surface area contributed by atoms with Crippen molar-refractivity contribution in [3.63, 3.8) is 0 Å². The van der Waals surface area contributed by atoms with Gasteiger partial charge in [0.25, 0.3) is 5.91 Å². The molecule has 29 heavy (non-hydrogen) atoms. The summed E-state index contributed by atoms with van der Waals surface area (Å²) in [7, 11) is 1.58. The maximum Gasteiger partial charge on any atom is 0.288 e. The van der Waals surface area contributed by atoms with Crippen LogP contribution in [0.1, 0.15) is 52.7 Å². The number of nitrogens with zero attached hydrogens (tertiary/aromatic N) is 4. The van der Waals surface area contributed by atoms with Crippen LogP contribution >= 0.6 is 0 Å². The molecule has 2 fully saturated rings. The van der Waals surface area contributed by atoms with Gasteiger partial charge in [0, 0.05) is 49.7 Å². The van der Waals surface area contributed by atoms with Gasteiger partial charge < -0.3 is 15.5 Å². The van der Waals surface area contributed by atoms with Crippen molar-refractivity contribution in [1.29, 1.82) is 0 Å². The van der Waals surface area contributed by atoms with E-state index in [2.05, 4.69) is 30.5 Å². The molecule has 8 heteroatoms. The maximum absolute atomic E-state index is 13.7. The predicted molar refractivity (Wildman–Crippen MR) is 108 cm³/mol. The summed E-state index contributed by atoms with van der Waals surface area (Å²) >= 11 is 0. The Balaban J connectivity index is 1.50. The number of rotatable bonds is 6. The molecule has 2 aromatic rings. The van der Waals surface area contributed by atoms with Gasteiger partial charge in [-0.2, -0.15) is 0 Å². The van der Waals surface area contributed by atoms with E-state index in [1.807, 2.05) is 13.8 Å². The zero-order valence-electron chi connectivity index (χ0n) is 17.1. The molecular formula is C21H27FN6O. The van der Waals surface area contributed by atoms with E-state index in [-0.39, 0.29) is 29.6 Å². The fourth-order valence-electron chi connectivity index (χ4n) is 4.01. The van der Waals surface area contributed by atoms with Gasteiger partial charge in [-0.1, -0.05) is 0 Å². The van der Waals surface area contributed by atoms with Crippen molar-refractivity contribution in [3.05, 3.63) is 46.9 Å². The lowest BCUT2D eigenvalue weighted by atomic mass is 10.0. The Labute approximate surface area is 170 Å². The summed E-state index contributed by atoms with van der Waals surface area (Å²) < 4.78 is 13.7. The topological polar surface area (TPSA) is 83.0 Å². The second-order valence-electron chi connectivity index (χ2n) is 8.01. The van der Waals surface area contributed by atoms with Gasteiger partial charge in [0.2, 0.25) is 5.82 Å². The molecule has 1 saturated heterocycles. The van der Waals surface area contributed by atoms with Gasteiger partial charge in [0.1, 0.15) is 11.6 Å². The molecule has 7 nitrogen and oxygen atoms in total. The number of halogens is 1. The number of carbonyl (C=O) groups excluding carboxylic acids is 1. The van der Waals surface area contributed by atoms with Crippen molar-refractivity contribution in [2.75, 3.05) is 25.0 Å². The second-order valence-corrected chi connectivity index (χ2v) is 8.01. The molecule has 154 valence electrons. The Morgan fingerprint density at radius 3 is 2.72 bits per heavy atom. The first-order valence-electron chi connectivity index (χ1n) is 10.1. The minimum atomic E-state index is -0.295. The third-order valence-electron chi connectivity index (χ3n) is 5.88. The van der Waals surface area contributed by atoms with Crippen molar-refractivity contribution in [3.8, 4) is 0 Å². The van der Waals surface area contributed by atoms with Crippen molar-refractivity contribution >= 4 is 11.7 Å². The molecule has 0 spiro atoms. The van der Waals surface area contributed by atoms with Crippen LogP contribution in [0.3, 0.4) is 0 Å².